The van der Waals surface area contributed by atoms with Crippen LogP contribution in [0.1, 0.15) is 19.8 Å². The van der Waals surface area contributed by atoms with Gasteiger partial charge in [-0.2, -0.15) is 0 Å². The van der Waals surface area contributed by atoms with E-state index >= 15 is 0 Å². The molecule has 0 spiro atoms. The van der Waals surface area contributed by atoms with Crippen LogP contribution in [0, 0.1) is 5.92 Å². The Labute approximate surface area is 78.7 Å². The van der Waals surface area contributed by atoms with Crippen LogP contribution in [0.3, 0.4) is 0 Å². The average molecular weight is 186 g/mol. The van der Waals surface area contributed by atoms with Gasteiger partial charge in [-0.1, -0.05) is 0 Å². The number of hydrogen-bond acceptors (Lipinski definition) is 3. The number of amides is 1. The molecule has 13 heavy (non-hydrogen) atoms. The van der Waals surface area contributed by atoms with Gasteiger partial charge in [0, 0.05) is 13.1 Å². The maximum Gasteiger partial charge on any atom is 0.224 e. The molecule has 76 valence electrons. The summed E-state index contributed by atoms with van der Waals surface area (Å²) in [5.74, 6) is 0.153. The number of aliphatic hydroxyl groups excluding tert-OH is 1. The number of carbonyl (C=O) groups excluding carboxylic acids is 1. The highest BCUT2D eigenvalue weighted by Gasteiger charge is 2.20. The summed E-state index contributed by atoms with van der Waals surface area (Å²) in [5.41, 5.74) is 0. The van der Waals surface area contributed by atoms with Crippen LogP contribution in [0.25, 0.3) is 0 Å². The molecule has 4 heteroatoms. The van der Waals surface area contributed by atoms with Gasteiger partial charge < -0.3 is 15.7 Å². The Hall–Kier alpha value is -0.610. The largest absolute Gasteiger partial charge is 0.392 e. The van der Waals surface area contributed by atoms with E-state index in [4.69, 9.17) is 5.11 Å². The summed E-state index contributed by atoms with van der Waals surface area (Å²) < 4.78 is 0. The SMILES string of the molecule is C[C@@H](O)CNC(=O)[C@H]1CCCNC1. The Morgan fingerprint density at radius 2 is 2.54 bits per heavy atom. The van der Waals surface area contributed by atoms with E-state index in [1.165, 1.54) is 0 Å². The monoisotopic (exact) mass is 186 g/mol. The van der Waals surface area contributed by atoms with Crippen LogP contribution >= 0.6 is 0 Å². The molecule has 1 aliphatic heterocycles. The fourth-order valence-electron chi connectivity index (χ4n) is 1.47. The van der Waals surface area contributed by atoms with Gasteiger partial charge in [0.05, 0.1) is 12.0 Å². The van der Waals surface area contributed by atoms with Crippen LogP contribution in [0.15, 0.2) is 0 Å². The number of rotatable bonds is 3. The molecule has 0 aliphatic carbocycles. The molecule has 0 radical (unpaired) electrons. The Morgan fingerprint density at radius 1 is 1.77 bits per heavy atom. The maximum absolute atomic E-state index is 11.4. The molecule has 0 aromatic heterocycles. The maximum atomic E-state index is 11.4. The zero-order valence-corrected chi connectivity index (χ0v) is 8.05. The van der Waals surface area contributed by atoms with Crippen LogP contribution in [-0.4, -0.2) is 36.8 Å². The highest BCUT2D eigenvalue weighted by atomic mass is 16.3. The first-order chi connectivity index (χ1) is 6.20. The second kappa shape index (κ2) is 5.19. The lowest BCUT2D eigenvalue weighted by Gasteiger charge is -2.22. The van der Waals surface area contributed by atoms with Crippen molar-refractivity contribution in [3.8, 4) is 0 Å². The molecule has 3 N–H and O–H groups in total. The molecule has 0 saturated carbocycles. The predicted molar refractivity (Wildman–Crippen MR) is 50.3 cm³/mol. The van der Waals surface area contributed by atoms with Gasteiger partial charge in [-0.05, 0) is 26.3 Å². The molecule has 0 aromatic rings. The van der Waals surface area contributed by atoms with Gasteiger partial charge in [-0.15, -0.1) is 0 Å². The van der Waals surface area contributed by atoms with Gasteiger partial charge in [0.15, 0.2) is 0 Å². The summed E-state index contributed by atoms with van der Waals surface area (Å²) >= 11 is 0. The lowest BCUT2D eigenvalue weighted by atomic mass is 9.99. The van der Waals surface area contributed by atoms with Crippen LogP contribution in [-0.2, 0) is 4.79 Å². The fraction of sp³-hybridized carbons (Fsp3) is 0.889. The minimum atomic E-state index is -0.458. The number of hydrogen-bond donors (Lipinski definition) is 3. The van der Waals surface area contributed by atoms with E-state index in [9.17, 15) is 4.79 Å². The summed E-state index contributed by atoms with van der Waals surface area (Å²) in [4.78, 5) is 11.4. The van der Waals surface area contributed by atoms with Gasteiger partial charge >= 0.3 is 0 Å². The molecular formula is C9H18N2O2. The van der Waals surface area contributed by atoms with Crippen LogP contribution in [0.5, 0.6) is 0 Å². The second-order valence-corrected chi connectivity index (χ2v) is 3.64. The minimum Gasteiger partial charge on any atom is -0.392 e. The quantitative estimate of drug-likeness (QED) is 0.556. The van der Waals surface area contributed by atoms with Crippen molar-refractivity contribution in [2.75, 3.05) is 19.6 Å². The van der Waals surface area contributed by atoms with Crippen LogP contribution in [0.2, 0.25) is 0 Å². The van der Waals surface area contributed by atoms with Gasteiger partial charge in [-0.3, -0.25) is 4.79 Å². The topological polar surface area (TPSA) is 61.4 Å². The highest BCUT2D eigenvalue weighted by molar-refractivity contribution is 5.78. The zero-order chi connectivity index (χ0) is 9.68. The van der Waals surface area contributed by atoms with Crippen molar-refractivity contribution >= 4 is 5.91 Å². The van der Waals surface area contributed by atoms with E-state index in [2.05, 4.69) is 10.6 Å². The van der Waals surface area contributed by atoms with Gasteiger partial charge in [0.2, 0.25) is 5.91 Å². The lowest BCUT2D eigenvalue weighted by Crippen LogP contribution is -2.42. The van der Waals surface area contributed by atoms with Crippen LogP contribution in [0.4, 0.5) is 0 Å². The molecule has 1 amide bonds. The highest BCUT2D eigenvalue weighted by Crippen LogP contribution is 2.09. The molecular weight excluding hydrogens is 168 g/mol. The predicted octanol–water partition coefficient (Wildman–Crippen LogP) is -0.517. The minimum absolute atomic E-state index is 0.0631. The van der Waals surface area contributed by atoms with E-state index in [1.54, 1.807) is 6.92 Å². The first-order valence-corrected chi connectivity index (χ1v) is 4.86. The van der Waals surface area contributed by atoms with Crippen molar-refractivity contribution in [1.82, 2.24) is 10.6 Å². The van der Waals surface area contributed by atoms with Crippen molar-refractivity contribution in [2.24, 2.45) is 5.92 Å². The summed E-state index contributed by atoms with van der Waals surface area (Å²) in [7, 11) is 0. The fourth-order valence-corrected chi connectivity index (χ4v) is 1.47. The van der Waals surface area contributed by atoms with Crippen molar-refractivity contribution in [3.05, 3.63) is 0 Å². The smallest absolute Gasteiger partial charge is 0.224 e. The molecule has 2 atom stereocenters. The summed E-state index contributed by atoms with van der Waals surface area (Å²) in [6.07, 6.45) is 1.56. The molecule has 0 unspecified atom stereocenters. The first-order valence-electron chi connectivity index (χ1n) is 4.86. The number of piperidine rings is 1. The Balaban J connectivity index is 2.21. The van der Waals surface area contributed by atoms with E-state index in [-0.39, 0.29) is 11.8 Å². The third-order valence-electron chi connectivity index (χ3n) is 2.24. The average Bonchev–Trinajstić information content (AvgIpc) is 2.15. The first kappa shape index (κ1) is 10.5. The number of aliphatic hydroxyl groups is 1. The normalized spacial score (nSPS) is 25.2. The second-order valence-electron chi connectivity index (χ2n) is 3.64. The standard InChI is InChI=1S/C9H18N2O2/c1-7(12)5-11-9(13)8-3-2-4-10-6-8/h7-8,10,12H,2-6H2,1H3,(H,11,13)/t7-,8+/m1/s1. The van der Waals surface area contributed by atoms with Gasteiger partial charge in [0.1, 0.15) is 0 Å². The Morgan fingerprint density at radius 3 is 3.08 bits per heavy atom. The molecule has 4 nitrogen and oxygen atoms in total. The van der Waals surface area contributed by atoms with E-state index in [0.29, 0.717) is 6.54 Å². The third kappa shape index (κ3) is 3.74. The molecule has 0 bridgehead atoms. The molecule has 0 aromatic carbocycles. The van der Waals surface area contributed by atoms with E-state index in [1.807, 2.05) is 0 Å². The van der Waals surface area contributed by atoms with Crippen molar-refractivity contribution in [2.45, 2.75) is 25.9 Å². The van der Waals surface area contributed by atoms with Gasteiger partial charge in [0.25, 0.3) is 0 Å². The Kier molecular flexibility index (Phi) is 4.18. The summed E-state index contributed by atoms with van der Waals surface area (Å²) in [6.45, 7) is 3.81. The Bertz CT molecular complexity index is 165. The summed E-state index contributed by atoms with van der Waals surface area (Å²) in [6, 6.07) is 0. The summed E-state index contributed by atoms with van der Waals surface area (Å²) in [5, 5.41) is 14.9. The molecule has 1 saturated heterocycles. The van der Waals surface area contributed by atoms with Crippen LogP contribution < -0.4 is 10.6 Å². The van der Waals surface area contributed by atoms with E-state index in [0.717, 1.165) is 25.9 Å². The third-order valence-corrected chi connectivity index (χ3v) is 2.24. The molecule has 1 fully saturated rings. The van der Waals surface area contributed by atoms with Crippen molar-refractivity contribution < 1.29 is 9.90 Å². The molecule has 1 rings (SSSR count). The van der Waals surface area contributed by atoms with Crippen molar-refractivity contribution in [3.63, 3.8) is 0 Å². The zero-order valence-electron chi connectivity index (χ0n) is 8.05. The number of carbonyl (C=O) groups is 1. The number of nitrogens with one attached hydrogen (secondary N) is 2. The molecule has 1 heterocycles. The van der Waals surface area contributed by atoms with Crippen molar-refractivity contribution in [1.29, 1.82) is 0 Å². The van der Waals surface area contributed by atoms with E-state index < -0.39 is 6.10 Å². The lowest BCUT2D eigenvalue weighted by molar-refractivity contribution is -0.125. The van der Waals surface area contributed by atoms with Gasteiger partial charge in [-0.25, -0.2) is 0 Å². The molecule has 1 aliphatic rings.